The summed E-state index contributed by atoms with van der Waals surface area (Å²) in [7, 11) is 0. The summed E-state index contributed by atoms with van der Waals surface area (Å²) < 4.78 is 15.1. The van der Waals surface area contributed by atoms with Crippen LogP contribution in [0.5, 0.6) is 0 Å². The normalized spacial score (nSPS) is 11.2. The van der Waals surface area contributed by atoms with E-state index in [2.05, 4.69) is 31.5 Å². The van der Waals surface area contributed by atoms with Gasteiger partial charge in [0.25, 0.3) is 0 Å². The van der Waals surface area contributed by atoms with E-state index in [9.17, 15) is 9.18 Å². The van der Waals surface area contributed by atoms with Gasteiger partial charge in [0.05, 0.1) is 11.7 Å². The van der Waals surface area contributed by atoms with Crippen LogP contribution in [0.15, 0.2) is 72.0 Å². The highest BCUT2D eigenvalue weighted by Crippen LogP contribution is 2.23. The van der Waals surface area contributed by atoms with Crippen molar-refractivity contribution in [3.8, 4) is 5.69 Å². The van der Waals surface area contributed by atoms with Gasteiger partial charge in [-0.3, -0.25) is 4.98 Å². The Morgan fingerprint density at radius 1 is 1.10 bits per heavy atom. The molecule has 0 radical (unpaired) electrons. The van der Waals surface area contributed by atoms with Gasteiger partial charge in [0.2, 0.25) is 0 Å². The van der Waals surface area contributed by atoms with Crippen molar-refractivity contribution in [2.24, 2.45) is 5.10 Å². The maximum absolute atomic E-state index is 12.9. The van der Waals surface area contributed by atoms with E-state index in [0.717, 1.165) is 33.5 Å². The lowest BCUT2D eigenvalue weighted by atomic mass is 10.2. The first-order valence-corrected chi connectivity index (χ1v) is 9.41. The molecule has 0 atom stereocenters. The fourth-order valence-corrected chi connectivity index (χ4v) is 3.37. The summed E-state index contributed by atoms with van der Waals surface area (Å²) in [5.74, 6) is -0.364. The highest BCUT2D eigenvalue weighted by Gasteiger charge is 2.10. The predicted octanol–water partition coefficient (Wildman–Crippen LogP) is 4.94. The Labute approximate surface area is 173 Å². The summed E-state index contributed by atoms with van der Waals surface area (Å²) in [6, 6.07) is 17.1. The molecule has 0 saturated carbocycles. The molecule has 0 fully saturated rings. The van der Waals surface area contributed by atoms with E-state index in [-0.39, 0.29) is 5.82 Å². The Morgan fingerprint density at radius 2 is 1.90 bits per heavy atom. The standard InChI is InChI=1S/C23H20FN5O/c1-15-12-18(14-26-28-23(30)27-20-7-5-19(24)6-8-20)16(2)29(15)21-9-10-22-17(13-21)4-3-11-25-22/h3-14H,1-2H3,(H2,27,28,30)/b26-14+. The maximum atomic E-state index is 12.9. The van der Waals surface area contributed by atoms with Gasteiger partial charge in [-0.25, -0.2) is 14.6 Å². The van der Waals surface area contributed by atoms with Crippen molar-refractivity contribution < 1.29 is 9.18 Å². The van der Waals surface area contributed by atoms with Crippen LogP contribution in [0.25, 0.3) is 16.6 Å². The maximum Gasteiger partial charge on any atom is 0.339 e. The Hall–Kier alpha value is -4.00. The number of benzene rings is 2. The van der Waals surface area contributed by atoms with E-state index in [4.69, 9.17) is 0 Å². The molecular weight excluding hydrogens is 381 g/mol. The fourth-order valence-electron chi connectivity index (χ4n) is 3.37. The first-order chi connectivity index (χ1) is 14.5. The van der Waals surface area contributed by atoms with Gasteiger partial charge in [0, 0.05) is 39.9 Å². The molecular formula is C23H20FN5O. The molecule has 0 aliphatic carbocycles. The van der Waals surface area contributed by atoms with E-state index >= 15 is 0 Å². The number of halogens is 1. The van der Waals surface area contributed by atoms with Gasteiger partial charge >= 0.3 is 6.03 Å². The number of aryl methyl sites for hydroxylation is 1. The third-order valence-electron chi connectivity index (χ3n) is 4.79. The van der Waals surface area contributed by atoms with E-state index in [1.165, 1.54) is 24.3 Å². The number of nitrogens with zero attached hydrogens (tertiary/aromatic N) is 3. The monoisotopic (exact) mass is 401 g/mol. The van der Waals surface area contributed by atoms with Gasteiger partial charge in [-0.05, 0) is 68.4 Å². The molecule has 2 aromatic heterocycles. The summed E-state index contributed by atoms with van der Waals surface area (Å²) in [5, 5.41) is 7.68. The largest absolute Gasteiger partial charge is 0.339 e. The SMILES string of the molecule is Cc1cc(/C=N/NC(=O)Nc2ccc(F)cc2)c(C)n1-c1ccc2ncccc2c1. The molecule has 0 aliphatic heterocycles. The Kier molecular flexibility index (Phi) is 5.26. The lowest BCUT2D eigenvalue weighted by molar-refractivity contribution is 0.252. The van der Waals surface area contributed by atoms with Crippen LogP contribution in [0.1, 0.15) is 17.0 Å². The number of nitrogens with one attached hydrogen (secondary N) is 2. The lowest BCUT2D eigenvalue weighted by Crippen LogP contribution is -2.24. The van der Waals surface area contributed by atoms with Crippen molar-refractivity contribution in [3.05, 3.63) is 89.6 Å². The summed E-state index contributed by atoms with van der Waals surface area (Å²) in [4.78, 5) is 16.3. The minimum atomic E-state index is -0.506. The summed E-state index contributed by atoms with van der Waals surface area (Å²) in [5.41, 5.74) is 7.82. The van der Waals surface area contributed by atoms with Crippen molar-refractivity contribution in [1.82, 2.24) is 15.0 Å². The molecule has 2 heterocycles. The molecule has 6 nitrogen and oxygen atoms in total. The summed E-state index contributed by atoms with van der Waals surface area (Å²) in [6.07, 6.45) is 3.38. The summed E-state index contributed by atoms with van der Waals surface area (Å²) in [6.45, 7) is 4.02. The number of fused-ring (bicyclic) bond motifs is 1. The van der Waals surface area contributed by atoms with E-state index in [0.29, 0.717) is 5.69 Å². The van der Waals surface area contributed by atoms with Crippen LogP contribution in [0, 0.1) is 19.7 Å². The van der Waals surface area contributed by atoms with E-state index in [1.807, 2.05) is 44.2 Å². The Bertz CT molecular complexity index is 1240. The Morgan fingerprint density at radius 3 is 2.70 bits per heavy atom. The van der Waals surface area contributed by atoms with E-state index < -0.39 is 6.03 Å². The van der Waals surface area contributed by atoms with Crippen LogP contribution in [0.3, 0.4) is 0 Å². The van der Waals surface area contributed by atoms with Gasteiger partial charge < -0.3 is 9.88 Å². The van der Waals surface area contributed by atoms with Crippen LogP contribution in [0.2, 0.25) is 0 Å². The number of carbonyl (C=O) groups is 1. The third-order valence-corrected chi connectivity index (χ3v) is 4.79. The van der Waals surface area contributed by atoms with E-state index in [1.54, 1.807) is 12.4 Å². The van der Waals surface area contributed by atoms with Crippen molar-refractivity contribution in [1.29, 1.82) is 0 Å². The average Bonchev–Trinajstić information content (AvgIpc) is 3.02. The number of amides is 2. The van der Waals surface area contributed by atoms with Crippen LogP contribution in [-0.2, 0) is 0 Å². The van der Waals surface area contributed by atoms with Crippen LogP contribution >= 0.6 is 0 Å². The minimum Gasteiger partial charge on any atom is -0.318 e. The predicted molar refractivity (Wildman–Crippen MR) is 117 cm³/mol. The lowest BCUT2D eigenvalue weighted by Gasteiger charge is -2.10. The van der Waals surface area contributed by atoms with Gasteiger partial charge in [-0.15, -0.1) is 0 Å². The number of carbonyl (C=O) groups excluding carboxylic acids is 1. The molecule has 7 heteroatoms. The molecule has 0 aliphatic rings. The molecule has 4 rings (SSSR count). The van der Waals surface area contributed by atoms with Crippen LogP contribution < -0.4 is 10.7 Å². The number of hydrazone groups is 1. The first kappa shape index (κ1) is 19.3. The minimum absolute atomic E-state index is 0.364. The fraction of sp³-hybridized carbons (Fsp3) is 0.0870. The number of pyridine rings is 1. The molecule has 2 aromatic carbocycles. The van der Waals surface area contributed by atoms with Gasteiger partial charge in [-0.1, -0.05) is 6.07 Å². The number of anilines is 1. The zero-order valence-electron chi connectivity index (χ0n) is 16.6. The second-order valence-electron chi connectivity index (χ2n) is 6.87. The van der Waals surface area contributed by atoms with Crippen molar-refractivity contribution in [2.75, 3.05) is 5.32 Å². The highest BCUT2D eigenvalue weighted by molar-refractivity contribution is 5.90. The Balaban J connectivity index is 1.50. The molecule has 0 unspecified atom stereocenters. The smallest absolute Gasteiger partial charge is 0.318 e. The average molecular weight is 401 g/mol. The van der Waals surface area contributed by atoms with Gasteiger partial charge in [0.15, 0.2) is 0 Å². The van der Waals surface area contributed by atoms with Crippen LogP contribution in [0.4, 0.5) is 14.9 Å². The number of rotatable bonds is 4. The quantitative estimate of drug-likeness (QED) is 0.376. The van der Waals surface area contributed by atoms with Crippen molar-refractivity contribution in [3.63, 3.8) is 0 Å². The zero-order valence-corrected chi connectivity index (χ0v) is 16.6. The first-order valence-electron chi connectivity index (χ1n) is 9.41. The number of aromatic nitrogens is 2. The van der Waals surface area contributed by atoms with Gasteiger partial charge in [0.1, 0.15) is 5.82 Å². The van der Waals surface area contributed by atoms with Crippen molar-refractivity contribution >= 4 is 28.8 Å². The van der Waals surface area contributed by atoms with Crippen molar-refractivity contribution in [2.45, 2.75) is 13.8 Å². The number of hydrogen-bond acceptors (Lipinski definition) is 3. The molecule has 30 heavy (non-hydrogen) atoms. The van der Waals surface area contributed by atoms with Crippen LogP contribution in [-0.4, -0.2) is 21.8 Å². The molecule has 150 valence electrons. The molecule has 2 amide bonds. The second kappa shape index (κ2) is 8.16. The highest BCUT2D eigenvalue weighted by atomic mass is 19.1. The molecule has 0 spiro atoms. The molecule has 4 aromatic rings. The molecule has 0 saturated heterocycles. The molecule has 2 N–H and O–H groups in total. The number of urea groups is 1. The second-order valence-corrected chi connectivity index (χ2v) is 6.87. The molecule has 0 bridgehead atoms. The number of hydrogen-bond donors (Lipinski definition) is 2. The summed E-state index contributed by atoms with van der Waals surface area (Å²) >= 11 is 0. The topological polar surface area (TPSA) is 71.3 Å². The van der Waals surface area contributed by atoms with Gasteiger partial charge in [-0.2, -0.15) is 5.10 Å². The third kappa shape index (κ3) is 4.05. The zero-order chi connectivity index (χ0) is 21.1.